The fourth-order valence-corrected chi connectivity index (χ4v) is 4.60. The van der Waals surface area contributed by atoms with Gasteiger partial charge in [-0.1, -0.05) is 60.0 Å². The summed E-state index contributed by atoms with van der Waals surface area (Å²) in [6, 6.07) is 7.97. The van der Waals surface area contributed by atoms with E-state index in [1.807, 2.05) is 42.5 Å². The molecule has 0 saturated heterocycles. The number of rotatable bonds is 4. The molecule has 0 N–H and O–H groups in total. The topological polar surface area (TPSA) is 65.5 Å². The van der Waals surface area contributed by atoms with Gasteiger partial charge in [0.05, 0.1) is 16.0 Å². The largest absolute Gasteiger partial charge is 0.453 e. The lowest BCUT2D eigenvalue weighted by atomic mass is 9.93. The first-order chi connectivity index (χ1) is 13.7. The van der Waals surface area contributed by atoms with E-state index in [0.29, 0.717) is 5.75 Å². The number of ether oxygens (including phenoxy) is 2. The summed E-state index contributed by atoms with van der Waals surface area (Å²) in [5.74, 6) is 4.77. The molecule has 0 saturated carbocycles. The summed E-state index contributed by atoms with van der Waals surface area (Å²) in [7, 11) is 0. The van der Waals surface area contributed by atoms with Crippen molar-refractivity contribution in [3.63, 3.8) is 0 Å². The number of aromatic nitrogens is 1. The number of thioether (sulfide) groups is 1. The van der Waals surface area contributed by atoms with Crippen LogP contribution >= 0.6 is 23.1 Å². The first kappa shape index (κ1) is 18.5. The fourth-order valence-electron chi connectivity index (χ4n) is 2.76. The van der Waals surface area contributed by atoms with Crippen molar-refractivity contribution in [3.8, 4) is 11.8 Å². The first-order valence-corrected chi connectivity index (χ1v) is 10.4. The van der Waals surface area contributed by atoms with Crippen molar-refractivity contribution in [2.24, 2.45) is 5.92 Å². The molecular formula is C21H15NO4S2. The zero-order valence-corrected chi connectivity index (χ0v) is 16.3. The third-order valence-electron chi connectivity index (χ3n) is 4.11. The van der Waals surface area contributed by atoms with Gasteiger partial charge in [-0.25, -0.2) is 14.6 Å². The van der Waals surface area contributed by atoms with Crippen molar-refractivity contribution in [2.75, 3.05) is 12.4 Å². The van der Waals surface area contributed by atoms with E-state index in [4.69, 9.17) is 9.47 Å². The van der Waals surface area contributed by atoms with Crippen molar-refractivity contribution in [1.82, 2.24) is 4.98 Å². The van der Waals surface area contributed by atoms with Crippen molar-refractivity contribution in [2.45, 2.75) is 10.4 Å². The number of hydrogen-bond donors (Lipinski definition) is 0. The van der Waals surface area contributed by atoms with E-state index >= 15 is 0 Å². The van der Waals surface area contributed by atoms with Gasteiger partial charge < -0.3 is 9.47 Å². The Kier molecular flexibility index (Phi) is 5.60. The highest BCUT2D eigenvalue weighted by molar-refractivity contribution is 8.01. The molecule has 140 valence electrons. The number of benzene rings is 1. The lowest BCUT2D eigenvalue weighted by Crippen LogP contribution is -2.33. The van der Waals surface area contributed by atoms with Crippen LogP contribution in [0.25, 0.3) is 10.2 Å². The van der Waals surface area contributed by atoms with Crippen LogP contribution in [-0.4, -0.2) is 35.4 Å². The van der Waals surface area contributed by atoms with Gasteiger partial charge in [-0.05, 0) is 18.2 Å². The highest BCUT2D eigenvalue weighted by atomic mass is 32.2. The molecule has 4 rings (SSSR count). The predicted octanol–water partition coefficient (Wildman–Crippen LogP) is 3.53. The van der Waals surface area contributed by atoms with Crippen molar-refractivity contribution in [1.29, 1.82) is 0 Å². The summed E-state index contributed by atoms with van der Waals surface area (Å²) in [5.41, 5.74) is 0.905. The van der Waals surface area contributed by atoms with E-state index < -0.39 is 11.9 Å². The second-order valence-corrected chi connectivity index (χ2v) is 8.22. The van der Waals surface area contributed by atoms with Gasteiger partial charge in [0.15, 0.2) is 10.9 Å². The molecule has 0 amide bonds. The van der Waals surface area contributed by atoms with Gasteiger partial charge in [-0.3, -0.25) is 0 Å². The Morgan fingerprint density at radius 3 is 3.00 bits per heavy atom. The Hall–Kier alpha value is -2.82. The molecule has 0 bridgehead atoms. The maximum absolute atomic E-state index is 12.1. The molecule has 5 nitrogen and oxygen atoms in total. The quantitative estimate of drug-likeness (QED) is 0.333. The number of allylic oxidation sites excluding steroid dienone is 2. The molecule has 1 aliphatic carbocycles. The zero-order valence-electron chi connectivity index (χ0n) is 14.7. The van der Waals surface area contributed by atoms with Gasteiger partial charge in [0.1, 0.15) is 11.7 Å². The Bertz CT molecular complexity index is 1040. The molecule has 0 radical (unpaired) electrons. The first-order valence-electron chi connectivity index (χ1n) is 8.60. The summed E-state index contributed by atoms with van der Waals surface area (Å²) in [6.45, 7) is -0.0757. The molecule has 28 heavy (non-hydrogen) atoms. The Morgan fingerprint density at radius 1 is 1.25 bits per heavy atom. The molecule has 0 fully saturated rings. The molecule has 1 aromatic heterocycles. The highest BCUT2D eigenvalue weighted by Gasteiger charge is 2.33. The van der Waals surface area contributed by atoms with Crippen LogP contribution in [-0.2, 0) is 19.1 Å². The molecule has 2 atom stereocenters. The third-order valence-corrected chi connectivity index (χ3v) is 6.17. The zero-order chi connectivity index (χ0) is 19.3. The van der Waals surface area contributed by atoms with E-state index in [1.165, 1.54) is 11.8 Å². The molecule has 7 heteroatoms. The van der Waals surface area contributed by atoms with Gasteiger partial charge in [-0.15, -0.1) is 11.3 Å². The van der Waals surface area contributed by atoms with Crippen LogP contribution in [0.4, 0.5) is 0 Å². The highest BCUT2D eigenvalue weighted by Crippen LogP contribution is 2.29. The van der Waals surface area contributed by atoms with E-state index in [9.17, 15) is 9.59 Å². The number of nitrogens with zero attached hydrogens (tertiary/aromatic N) is 1. The molecule has 0 spiro atoms. The number of para-hydroxylation sites is 1. The normalized spacial score (nSPS) is 20.0. The molecule has 1 aromatic carbocycles. The molecule has 2 aromatic rings. The maximum Gasteiger partial charge on any atom is 0.346 e. The van der Waals surface area contributed by atoms with Crippen LogP contribution in [0.3, 0.4) is 0 Å². The van der Waals surface area contributed by atoms with Gasteiger partial charge in [0, 0.05) is 5.92 Å². The molecular weight excluding hydrogens is 394 g/mol. The molecule has 0 unspecified atom stereocenters. The summed E-state index contributed by atoms with van der Waals surface area (Å²) in [5, 5.41) is 0. The second kappa shape index (κ2) is 8.46. The summed E-state index contributed by atoms with van der Waals surface area (Å²) < 4.78 is 12.4. The second-order valence-electron chi connectivity index (χ2n) is 5.96. The summed E-state index contributed by atoms with van der Waals surface area (Å²) in [4.78, 5) is 28.6. The van der Waals surface area contributed by atoms with Gasteiger partial charge in [-0.2, -0.15) is 0 Å². The van der Waals surface area contributed by atoms with Crippen LogP contribution in [0.5, 0.6) is 0 Å². The van der Waals surface area contributed by atoms with E-state index in [-0.39, 0.29) is 24.2 Å². The van der Waals surface area contributed by atoms with Crippen molar-refractivity contribution >= 4 is 45.3 Å². The lowest BCUT2D eigenvalue weighted by molar-refractivity contribution is -0.150. The number of esters is 2. The van der Waals surface area contributed by atoms with Gasteiger partial charge >= 0.3 is 11.9 Å². The van der Waals surface area contributed by atoms with Crippen LogP contribution in [0.2, 0.25) is 0 Å². The van der Waals surface area contributed by atoms with Crippen LogP contribution < -0.4 is 0 Å². The Morgan fingerprint density at radius 2 is 2.11 bits per heavy atom. The lowest BCUT2D eigenvalue weighted by Gasteiger charge is -2.26. The van der Waals surface area contributed by atoms with E-state index in [0.717, 1.165) is 14.6 Å². The molecule has 1 aliphatic heterocycles. The Balaban J connectivity index is 1.26. The average Bonchev–Trinajstić information content (AvgIpc) is 3.12. The van der Waals surface area contributed by atoms with Crippen molar-refractivity contribution < 1.29 is 19.1 Å². The predicted molar refractivity (Wildman–Crippen MR) is 109 cm³/mol. The van der Waals surface area contributed by atoms with Crippen molar-refractivity contribution in [3.05, 3.63) is 60.2 Å². The third kappa shape index (κ3) is 4.19. The monoisotopic (exact) mass is 409 g/mol. The summed E-state index contributed by atoms with van der Waals surface area (Å²) >= 11 is 3.16. The maximum atomic E-state index is 12.1. The fraction of sp³-hybridized carbons (Fsp3) is 0.190. The number of hydrogen-bond acceptors (Lipinski definition) is 7. The number of thiazole rings is 1. The Labute approximate surface area is 170 Å². The summed E-state index contributed by atoms with van der Waals surface area (Å²) in [6.07, 6.45) is 8.57. The van der Waals surface area contributed by atoms with Crippen LogP contribution in [0.15, 0.2) is 64.6 Å². The van der Waals surface area contributed by atoms with Gasteiger partial charge in [0.2, 0.25) is 0 Å². The van der Waals surface area contributed by atoms with Crippen LogP contribution in [0, 0.1) is 17.8 Å². The standard InChI is InChI=1S/C21H15NO4S2/c23-19(15-13-14-7-1-3-9-17(14)26-20(15)24)25-11-5-6-12-27-21-22-16-8-2-4-10-18(16)28-21/h1-4,7-10,13-14,17H,11-12H2/t14-,17-/m1/s1. The number of carbonyl (C=O) groups excluding carboxylic acids is 2. The number of fused-ring (bicyclic) bond motifs is 2. The SMILES string of the molecule is O=C(OCC#CCSc1nc2ccccc2s1)C1=C[C@H]2C=CC=C[C@H]2OC1=O. The molecule has 2 heterocycles. The van der Waals surface area contributed by atoms with Gasteiger partial charge in [0.25, 0.3) is 0 Å². The minimum atomic E-state index is -0.709. The minimum absolute atomic E-state index is 0.0757. The number of carbonyl (C=O) groups is 2. The smallest absolute Gasteiger partial charge is 0.346 e. The van der Waals surface area contributed by atoms with E-state index in [1.54, 1.807) is 23.5 Å². The van der Waals surface area contributed by atoms with Crippen LogP contribution in [0.1, 0.15) is 0 Å². The van der Waals surface area contributed by atoms with E-state index in [2.05, 4.69) is 16.8 Å². The average molecular weight is 409 g/mol. The molecule has 2 aliphatic rings. The minimum Gasteiger partial charge on any atom is -0.453 e.